The van der Waals surface area contributed by atoms with Crippen molar-refractivity contribution < 1.29 is 4.79 Å². The van der Waals surface area contributed by atoms with Crippen LogP contribution in [0.5, 0.6) is 0 Å². The van der Waals surface area contributed by atoms with E-state index in [-0.39, 0.29) is 5.54 Å². The van der Waals surface area contributed by atoms with Gasteiger partial charge in [-0.05, 0) is 62.2 Å². The van der Waals surface area contributed by atoms with Crippen LogP contribution in [0, 0.1) is 29.6 Å². The Kier molecular flexibility index (Phi) is 4.53. The predicted molar refractivity (Wildman–Crippen MR) is 89.3 cm³/mol. The molecule has 0 radical (unpaired) electrons. The zero-order valence-corrected chi connectivity index (χ0v) is 15.4. The van der Waals surface area contributed by atoms with Crippen LogP contribution in [0.1, 0.15) is 45.4 Å². The molecule has 0 atom stereocenters. The van der Waals surface area contributed by atoms with Crippen molar-refractivity contribution in [2.24, 2.45) is 29.6 Å². The number of carbonyl (C=O) groups excluding carboxylic acids is 1. The minimum atomic E-state index is -0.119. The van der Waals surface area contributed by atoms with Gasteiger partial charge in [0.2, 0.25) is 5.91 Å². The van der Waals surface area contributed by atoms with Crippen molar-refractivity contribution in [3.8, 4) is 0 Å². The molecule has 0 aromatic rings. The normalized spacial score (nSPS) is 39.0. The molecule has 0 spiro atoms. The number of hydrogen-bond donors (Lipinski definition) is 1. The molecule has 4 heteroatoms. The summed E-state index contributed by atoms with van der Waals surface area (Å²) in [5, 5.41) is 5.02. The van der Waals surface area contributed by atoms with Crippen LogP contribution in [0.2, 0.25) is 0 Å². The monoisotopic (exact) mass is 405 g/mol. The number of amides is 1. The number of rotatable bonds is 5. The van der Waals surface area contributed by atoms with Crippen molar-refractivity contribution in [1.29, 1.82) is 0 Å². The summed E-state index contributed by atoms with van der Waals surface area (Å²) in [5.41, 5.74) is -0.119. The second kappa shape index (κ2) is 5.91. The maximum absolute atomic E-state index is 12.9. The fourth-order valence-corrected chi connectivity index (χ4v) is 7.08. The summed E-state index contributed by atoms with van der Waals surface area (Å²) in [7, 11) is 0. The Hall–Kier alpha value is 0.430. The van der Waals surface area contributed by atoms with Gasteiger partial charge in [0, 0.05) is 16.6 Å². The number of hydrogen-bond acceptors (Lipinski definition) is 1. The third kappa shape index (κ3) is 2.60. The van der Waals surface area contributed by atoms with Crippen molar-refractivity contribution in [3.63, 3.8) is 0 Å². The Morgan fingerprint density at radius 3 is 1.95 bits per heavy atom. The van der Waals surface area contributed by atoms with Crippen LogP contribution in [0.3, 0.4) is 0 Å². The lowest BCUT2D eigenvalue weighted by atomic mass is 9.51. The first-order valence-corrected chi connectivity index (χ1v) is 10.3. The summed E-state index contributed by atoms with van der Waals surface area (Å²) in [6.45, 7) is 2.15. The molecule has 4 bridgehead atoms. The van der Waals surface area contributed by atoms with Crippen LogP contribution < -0.4 is 5.32 Å². The summed E-state index contributed by atoms with van der Waals surface area (Å²) in [6.07, 6.45) is 7.66. The van der Waals surface area contributed by atoms with Gasteiger partial charge >= 0.3 is 0 Å². The summed E-state index contributed by atoms with van der Waals surface area (Å²) in [6, 6.07) is 0. The molecule has 0 aromatic heterocycles. The molecule has 114 valence electrons. The van der Waals surface area contributed by atoms with E-state index in [9.17, 15) is 4.79 Å². The summed E-state index contributed by atoms with van der Waals surface area (Å²) >= 11 is 7.16. The average molecular weight is 407 g/mol. The van der Waals surface area contributed by atoms with Crippen molar-refractivity contribution in [3.05, 3.63) is 0 Å². The Labute approximate surface area is 139 Å². The molecule has 20 heavy (non-hydrogen) atoms. The highest BCUT2D eigenvalue weighted by molar-refractivity contribution is 9.09. The van der Waals surface area contributed by atoms with Gasteiger partial charge < -0.3 is 5.32 Å². The van der Waals surface area contributed by atoms with Crippen LogP contribution in [-0.2, 0) is 4.79 Å². The minimum Gasteiger partial charge on any atom is -0.349 e. The highest BCUT2D eigenvalue weighted by Crippen LogP contribution is 2.56. The van der Waals surface area contributed by atoms with Crippen molar-refractivity contribution in [2.75, 3.05) is 10.7 Å². The zero-order chi connectivity index (χ0) is 14.3. The lowest BCUT2D eigenvalue weighted by Gasteiger charge is -2.54. The van der Waals surface area contributed by atoms with E-state index in [0.29, 0.717) is 23.7 Å². The molecule has 0 aliphatic heterocycles. The van der Waals surface area contributed by atoms with Crippen molar-refractivity contribution in [2.45, 2.75) is 51.0 Å². The van der Waals surface area contributed by atoms with Gasteiger partial charge in [-0.25, -0.2) is 0 Å². The SMILES string of the molecule is CCC(CBr)(CBr)NC(=O)C1C2CC3CC(C2)CC1C3. The molecule has 4 aliphatic carbocycles. The van der Waals surface area contributed by atoms with E-state index in [0.717, 1.165) is 28.9 Å². The quantitative estimate of drug-likeness (QED) is 0.683. The first-order chi connectivity index (χ1) is 9.60. The second-order valence-corrected chi connectivity index (χ2v) is 8.47. The summed E-state index contributed by atoms with van der Waals surface area (Å²) in [5.74, 6) is 3.85. The molecule has 2 nitrogen and oxygen atoms in total. The topological polar surface area (TPSA) is 29.1 Å². The van der Waals surface area contributed by atoms with E-state index in [1.807, 2.05) is 0 Å². The molecule has 1 N–H and O–H groups in total. The van der Waals surface area contributed by atoms with Crippen molar-refractivity contribution in [1.82, 2.24) is 5.32 Å². The Morgan fingerprint density at radius 2 is 1.55 bits per heavy atom. The van der Waals surface area contributed by atoms with Crippen LogP contribution >= 0.6 is 31.9 Å². The summed E-state index contributed by atoms with van der Waals surface area (Å²) < 4.78 is 0. The molecule has 0 aromatic carbocycles. The third-order valence-electron chi connectivity index (χ3n) is 6.11. The van der Waals surface area contributed by atoms with Gasteiger partial charge in [0.05, 0.1) is 5.54 Å². The molecule has 0 unspecified atom stereocenters. The Balaban J connectivity index is 1.71. The van der Waals surface area contributed by atoms with Gasteiger partial charge in [0.1, 0.15) is 0 Å². The predicted octanol–water partition coefficient (Wildman–Crippen LogP) is 4.11. The van der Waals surface area contributed by atoms with Gasteiger partial charge in [-0.3, -0.25) is 4.79 Å². The first-order valence-electron chi connectivity index (χ1n) is 8.04. The van der Waals surface area contributed by atoms with Crippen LogP contribution in [0.25, 0.3) is 0 Å². The maximum atomic E-state index is 12.9. The summed E-state index contributed by atoms with van der Waals surface area (Å²) in [4.78, 5) is 12.9. The van der Waals surface area contributed by atoms with Crippen LogP contribution in [0.15, 0.2) is 0 Å². The Bertz CT molecular complexity index is 344. The van der Waals surface area contributed by atoms with Gasteiger partial charge in [0.25, 0.3) is 0 Å². The zero-order valence-electron chi connectivity index (χ0n) is 12.2. The fourth-order valence-electron chi connectivity index (χ4n) is 5.08. The van der Waals surface area contributed by atoms with E-state index in [1.165, 1.54) is 32.1 Å². The lowest BCUT2D eigenvalue weighted by Crippen LogP contribution is -2.57. The van der Waals surface area contributed by atoms with E-state index >= 15 is 0 Å². The van der Waals surface area contributed by atoms with Gasteiger partial charge in [0.15, 0.2) is 0 Å². The molecule has 0 saturated heterocycles. The molecular weight excluding hydrogens is 382 g/mol. The number of alkyl halides is 2. The van der Waals surface area contributed by atoms with Crippen molar-refractivity contribution >= 4 is 37.8 Å². The molecule has 4 rings (SSSR count). The largest absolute Gasteiger partial charge is 0.349 e. The van der Waals surface area contributed by atoms with Gasteiger partial charge in [-0.15, -0.1) is 0 Å². The van der Waals surface area contributed by atoms with E-state index in [4.69, 9.17) is 0 Å². The molecule has 4 saturated carbocycles. The molecule has 4 aliphatic rings. The maximum Gasteiger partial charge on any atom is 0.224 e. The molecular formula is C16H25Br2NO. The van der Waals surface area contributed by atoms with E-state index < -0.39 is 0 Å². The molecule has 1 amide bonds. The molecule has 4 fully saturated rings. The number of carbonyl (C=O) groups is 1. The second-order valence-electron chi connectivity index (χ2n) is 7.35. The van der Waals surface area contributed by atoms with E-state index in [1.54, 1.807) is 0 Å². The number of halogens is 2. The number of nitrogens with one attached hydrogen (secondary N) is 1. The third-order valence-corrected chi connectivity index (χ3v) is 8.25. The first kappa shape index (κ1) is 15.3. The fraction of sp³-hybridized carbons (Fsp3) is 0.938. The molecule has 0 heterocycles. The van der Waals surface area contributed by atoms with E-state index in [2.05, 4.69) is 44.1 Å². The lowest BCUT2D eigenvalue weighted by molar-refractivity contribution is -0.139. The average Bonchev–Trinajstić information content (AvgIpc) is 2.44. The highest BCUT2D eigenvalue weighted by atomic mass is 79.9. The van der Waals surface area contributed by atoms with Crippen LogP contribution in [-0.4, -0.2) is 22.1 Å². The van der Waals surface area contributed by atoms with Crippen LogP contribution in [0.4, 0.5) is 0 Å². The van der Waals surface area contributed by atoms with Gasteiger partial charge in [-0.1, -0.05) is 38.8 Å². The van der Waals surface area contributed by atoms with Gasteiger partial charge in [-0.2, -0.15) is 0 Å². The smallest absolute Gasteiger partial charge is 0.224 e. The minimum absolute atomic E-state index is 0.119. The highest BCUT2D eigenvalue weighted by Gasteiger charge is 2.51. The standard InChI is InChI=1S/C16H25Br2NO/c1-2-16(8-17,9-18)19-15(20)14-12-4-10-3-11(6-12)7-13(14)5-10/h10-14H,2-9H2,1H3,(H,19,20). The Morgan fingerprint density at radius 1 is 1.05 bits per heavy atom.